The lowest BCUT2D eigenvalue weighted by Crippen LogP contribution is -2.41. The van der Waals surface area contributed by atoms with Crippen molar-refractivity contribution in [1.29, 1.82) is 0 Å². The summed E-state index contributed by atoms with van der Waals surface area (Å²) < 4.78 is 5.30. The van der Waals surface area contributed by atoms with Crippen LogP contribution in [-0.4, -0.2) is 23.3 Å². The zero-order chi connectivity index (χ0) is 16.6. The Morgan fingerprint density at radius 1 is 1.35 bits per heavy atom. The number of aryl methyl sites for hydroxylation is 1. The van der Waals surface area contributed by atoms with E-state index < -0.39 is 17.3 Å². The number of ketones is 1. The molecule has 1 aliphatic rings. The van der Waals surface area contributed by atoms with Crippen molar-refractivity contribution in [2.45, 2.75) is 18.9 Å². The lowest BCUT2D eigenvalue weighted by molar-refractivity contribution is -0.135. The minimum Gasteiger partial charge on any atom is -0.458 e. The maximum Gasteiger partial charge on any atom is 0.264 e. The summed E-state index contributed by atoms with van der Waals surface area (Å²) in [6, 6.07) is 10.1. The van der Waals surface area contributed by atoms with Crippen molar-refractivity contribution in [3.63, 3.8) is 0 Å². The molecule has 1 N–H and O–H groups in total. The van der Waals surface area contributed by atoms with Gasteiger partial charge in [-0.1, -0.05) is 24.3 Å². The molecule has 1 aromatic carbocycles. The van der Waals surface area contributed by atoms with Gasteiger partial charge in [-0.25, -0.2) is 0 Å². The number of Topliss-reactive ketones (excluding diaryl/α,β-unsaturated/α-hetero) is 1. The Hall–Kier alpha value is -2.66. The van der Waals surface area contributed by atoms with Crippen LogP contribution < -0.4 is 4.90 Å². The van der Waals surface area contributed by atoms with Crippen molar-refractivity contribution >= 4 is 17.4 Å². The first-order valence-corrected chi connectivity index (χ1v) is 7.32. The van der Waals surface area contributed by atoms with Gasteiger partial charge in [0.15, 0.2) is 11.4 Å². The second-order valence-electron chi connectivity index (χ2n) is 5.59. The lowest BCUT2D eigenvalue weighted by atomic mass is 9.89. The number of amides is 1. The van der Waals surface area contributed by atoms with Crippen LogP contribution in [0.3, 0.4) is 0 Å². The minimum absolute atomic E-state index is 0.142. The first-order chi connectivity index (χ1) is 11.0. The lowest BCUT2D eigenvalue weighted by Gasteiger charge is -2.21. The minimum atomic E-state index is -1.88. The fraction of sp³-hybridized carbons (Fsp3) is 0.222. The number of carbonyl (C=O) groups excluding carboxylic acids is 2. The Kier molecular flexibility index (Phi) is 3.66. The highest BCUT2D eigenvalue weighted by molar-refractivity contribution is 6.10. The van der Waals surface area contributed by atoms with E-state index in [4.69, 9.17) is 4.42 Å². The molecule has 118 valence electrons. The zero-order valence-corrected chi connectivity index (χ0v) is 12.8. The number of para-hydroxylation sites is 1. The van der Waals surface area contributed by atoms with Crippen LogP contribution in [0.15, 0.2) is 53.5 Å². The SMILES string of the molecule is C=CCN1C(=O)[C@](O)(CC(=O)c2ccc(C)o2)c2ccccc21. The number of rotatable bonds is 5. The molecule has 0 spiro atoms. The monoisotopic (exact) mass is 311 g/mol. The predicted molar refractivity (Wildman–Crippen MR) is 85.3 cm³/mol. The van der Waals surface area contributed by atoms with Crippen LogP contribution in [0.2, 0.25) is 0 Å². The second kappa shape index (κ2) is 5.52. The van der Waals surface area contributed by atoms with Gasteiger partial charge in [-0.2, -0.15) is 0 Å². The van der Waals surface area contributed by atoms with Gasteiger partial charge in [0, 0.05) is 12.1 Å². The number of benzene rings is 1. The van der Waals surface area contributed by atoms with Crippen molar-refractivity contribution < 1.29 is 19.1 Å². The number of fused-ring (bicyclic) bond motifs is 1. The van der Waals surface area contributed by atoms with E-state index in [1.165, 1.54) is 4.90 Å². The molecule has 0 radical (unpaired) electrons. The fourth-order valence-corrected chi connectivity index (χ4v) is 2.89. The quantitative estimate of drug-likeness (QED) is 0.680. The Bertz CT molecular complexity index is 792. The van der Waals surface area contributed by atoms with E-state index in [9.17, 15) is 14.7 Å². The summed E-state index contributed by atoms with van der Waals surface area (Å²) in [6.45, 7) is 5.63. The van der Waals surface area contributed by atoms with E-state index in [1.54, 1.807) is 49.4 Å². The standard InChI is InChI=1S/C18H17NO4/c1-3-10-19-14-7-5-4-6-13(14)18(22,17(19)21)11-15(20)16-9-8-12(2)23-16/h3-9,22H,1,10-11H2,2H3/t18-/m0/s1. The number of nitrogens with zero attached hydrogens (tertiary/aromatic N) is 1. The summed E-state index contributed by atoms with van der Waals surface area (Å²) in [5.41, 5.74) is -0.844. The predicted octanol–water partition coefficient (Wildman–Crippen LogP) is 2.58. The van der Waals surface area contributed by atoms with Gasteiger partial charge < -0.3 is 14.4 Å². The molecule has 1 aliphatic heterocycles. The molecule has 0 fully saturated rings. The molecule has 3 rings (SSSR count). The Balaban J connectivity index is 1.98. The summed E-state index contributed by atoms with van der Waals surface area (Å²) in [5, 5.41) is 11.0. The first-order valence-electron chi connectivity index (χ1n) is 7.32. The maximum atomic E-state index is 12.7. The van der Waals surface area contributed by atoms with Gasteiger partial charge in [0.25, 0.3) is 5.91 Å². The Labute approximate surface area is 133 Å². The van der Waals surface area contributed by atoms with Crippen LogP contribution in [0.1, 0.15) is 28.3 Å². The van der Waals surface area contributed by atoms with Gasteiger partial charge in [0.1, 0.15) is 5.76 Å². The third-order valence-corrected chi connectivity index (χ3v) is 3.98. The molecule has 0 unspecified atom stereocenters. The van der Waals surface area contributed by atoms with Crippen molar-refractivity contribution in [3.8, 4) is 0 Å². The molecule has 1 aromatic heterocycles. The van der Waals surface area contributed by atoms with Crippen LogP contribution in [0.5, 0.6) is 0 Å². The molecule has 1 amide bonds. The molecule has 23 heavy (non-hydrogen) atoms. The van der Waals surface area contributed by atoms with E-state index in [0.717, 1.165) is 0 Å². The van der Waals surface area contributed by atoms with E-state index in [1.807, 2.05) is 0 Å². The number of anilines is 1. The molecule has 0 aliphatic carbocycles. The largest absolute Gasteiger partial charge is 0.458 e. The molecule has 0 saturated carbocycles. The average Bonchev–Trinajstić information content (AvgIpc) is 3.05. The van der Waals surface area contributed by atoms with Crippen LogP contribution in [-0.2, 0) is 10.4 Å². The van der Waals surface area contributed by atoms with Crippen molar-refractivity contribution in [3.05, 3.63) is 66.1 Å². The number of aliphatic hydroxyl groups is 1. The van der Waals surface area contributed by atoms with E-state index in [-0.39, 0.29) is 18.7 Å². The maximum absolute atomic E-state index is 12.7. The first kappa shape index (κ1) is 15.2. The van der Waals surface area contributed by atoms with E-state index in [2.05, 4.69) is 6.58 Å². The highest BCUT2D eigenvalue weighted by atomic mass is 16.3. The summed E-state index contributed by atoms with van der Waals surface area (Å²) >= 11 is 0. The second-order valence-corrected chi connectivity index (χ2v) is 5.59. The third kappa shape index (κ3) is 2.39. The fourth-order valence-electron chi connectivity index (χ4n) is 2.89. The van der Waals surface area contributed by atoms with Crippen LogP contribution in [0.25, 0.3) is 0 Å². The molecular weight excluding hydrogens is 294 g/mol. The summed E-state index contributed by atoms with van der Waals surface area (Å²) in [6.07, 6.45) is 1.22. The normalized spacial score (nSPS) is 19.7. The molecule has 2 heterocycles. The topological polar surface area (TPSA) is 70.8 Å². The van der Waals surface area contributed by atoms with Crippen LogP contribution in [0, 0.1) is 6.92 Å². The van der Waals surface area contributed by atoms with Crippen LogP contribution >= 0.6 is 0 Å². The van der Waals surface area contributed by atoms with Gasteiger partial charge in [0.05, 0.1) is 12.1 Å². The molecule has 5 heteroatoms. The van der Waals surface area contributed by atoms with Gasteiger partial charge >= 0.3 is 0 Å². The molecule has 0 saturated heterocycles. The number of hydrogen-bond acceptors (Lipinski definition) is 4. The third-order valence-electron chi connectivity index (χ3n) is 3.98. The molecule has 2 aromatic rings. The van der Waals surface area contributed by atoms with Crippen molar-refractivity contribution in [2.24, 2.45) is 0 Å². The van der Waals surface area contributed by atoms with Crippen molar-refractivity contribution in [2.75, 3.05) is 11.4 Å². The summed E-state index contributed by atoms with van der Waals surface area (Å²) in [7, 11) is 0. The highest BCUT2D eigenvalue weighted by Gasteiger charge is 2.50. The smallest absolute Gasteiger partial charge is 0.264 e. The molecular formula is C18H17NO4. The zero-order valence-electron chi connectivity index (χ0n) is 12.8. The number of hydrogen-bond donors (Lipinski definition) is 1. The average molecular weight is 311 g/mol. The van der Waals surface area contributed by atoms with Gasteiger partial charge in [-0.05, 0) is 25.1 Å². The Morgan fingerprint density at radius 2 is 2.09 bits per heavy atom. The summed E-state index contributed by atoms with van der Waals surface area (Å²) in [4.78, 5) is 26.5. The van der Waals surface area contributed by atoms with Crippen LogP contribution in [0.4, 0.5) is 5.69 Å². The number of furan rings is 1. The molecule has 0 bridgehead atoms. The molecule has 1 atom stereocenters. The van der Waals surface area contributed by atoms with E-state index in [0.29, 0.717) is 17.0 Å². The molecule has 5 nitrogen and oxygen atoms in total. The highest BCUT2D eigenvalue weighted by Crippen LogP contribution is 2.42. The Morgan fingerprint density at radius 3 is 2.74 bits per heavy atom. The van der Waals surface area contributed by atoms with E-state index >= 15 is 0 Å². The summed E-state index contributed by atoms with van der Waals surface area (Å²) in [5.74, 6) is -0.186. The van der Waals surface area contributed by atoms with Gasteiger partial charge in [-0.3, -0.25) is 9.59 Å². The number of carbonyl (C=O) groups is 2. The van der Waals surface area contributed by atoms with Gasteiger partial charge in [0.2, 0.25) is 5.78 Å². The van der Waals surface area contributed by atoms with Crippen molar-refractivity contribution in [1.82, 2.24) is 0 Å². The van der Waals surface area contributed by atoms with Gasteiger partial charge in [-0.15, -0.1) is 6.58 Å².